The Kier molecular flexibility index (Phi) is 17.1. The molecule has 0 aromatic heterocycles. The van der Waals surface area contributed by atoms with Crippen LogP contribution in [0.1, 0.15) is 91.9 Å². The molecule has 3 heteroatoms. The van der Waals surface area contributed by atoms with Crippen molar-refractivity contribution in [1.29, 1.82) is 0 Å². The number of carbonyl (C=O) groups excluding carboxylic acids is 1. The van der Waals surface area contributed by atoms with Crippen LogP contribution in [0.25, 0.3) is 0 Å². The molecule has 0 saturated heterocycles. The number of allylic oxidation sites excluding steroid dienone is 6. The molecule has 0 radical (unpaired) electrons. The van der Waals surface area contributed by atoms with Gasteiger partial charge in [0.1, 0.15) is 12.2 Å². The van der Waals surface area contributed by atoms with Crippen molar-refractivity contribution in [3.8, 4) is 0 Å². The number of unbranched alkanes of at least 4 members (excludes halogenated alkanes) is 6. The fraction of sp³-hybridized carbons (Fsp3) is 0.708. The van der Waals surface area contributed by atoms with E-state index in [-0.39, 0.29) is 12.6 Å². The minimum absolute atomic E-state index is 0.0530. The first-order chi connectivity index (χ1) is 13.0. The normalized spacial score (nSPS) is 12.6. The summed E-state index contributed by atoms with van der Waals surface area (Å²) in [7, 11) is 0. The fourth-order valence-corrected chi connectivity index (χ4v) is 2.46. The van der Waals surface area contributed by atoms with Gasteiger partial charge in [-0.2, -0.15) is 0 Å². The molecule has 0 amide bonds. The zero-order chi connectivity index (χ0) is 20.2. The summed E-state index contributed by atoms with van der Waals surface area (Å²) in [5, 5.41) is 0. The van der Waals surface area contributed by atoms with Gasteiger partial charge in [0, 0.05) is 6.61 Å². The Balaban J connectivity index is 3.38. The monoisotopic (exact) mass is 378 g/mol. The van der Waals surface area contributed by atoms with Crippen molar-refractivity contribution in [2.45, 2.75) is 97.5 Å². The Hall–Kier alpha value is -1.35. The molecule has 0 aromatic rings. The van der Waals surface area contributed by atoms with Gasteiger partial charge in [-0.25, -0.2) is 4.79 Å². The molecule has 0 aliphatic carbocycles. The molecule has 0 atom stereocenters. The van der Waals surface area contributed by atoms with Crippen LogP contribution in [0.3, 0.4) is 0 Å². The average molecular weight is 379 g/mol. The van der Waals surface area contributed by atoms with E-state index in [2.05, 4.69) is 43.4 Å². The minimum Gasteiger partial charge on any atom is -0.458 e. The van der Waals surface area contributed by atoms with Gasteiger partial charge in [-0.1, -0.05) is 62.6 Å². The molecule has 0 aromatic carbocycles. The molecule has 0 aliphatic heterocycles. The van der Waals surface area contributed by atoms with Crippen molar-refractivity contribution in [3.63, 3.8) is 0 Å². The Bertz CT molecular complexity index is 427. The summed E-state index contributed by atoms with van der Waals surface area (Å²) in [6, 6.07) is 0. The zero-order valence-electron chi connectivity index (χ0n) is 18.2. The van der Waals surface area contributed by atoms with E-state index in [1.165, 1.54) is 25.7 Å². The molecular formula is C24H42O3. The predicted molar refractivity (Wildman–Crippen MR) is 116 cm³/mol. The smallest absolute Gasteiger partial charge is 0.332 e. The molecule has 0 heterocycles. The first-order valence-corrected chi connectivity index (χ1v) is 10.7. The van der Waals surface area contributed by atoms with Crippen LogP contribution in [0.15, 0.2) is 36.5 Å². The van der Waals surface area contributed by atoms with Crippen LogP contribution in [-0.2, 0) is 14.3 Å². The van der Waals surface area contributed by atoms with E-state index in [4.69, 9.17) is 9.47 Å². The fourth-order valence-electron chi connectivity index (χ4n) is 2.46. The first-order valence-electron chi connectivity index (χ1n) is 10.7. The number of carbonyl (C=O) groups is 1. The third kappa shape index (κ3) is 22.6. The van der Waals surface area contributed by atoms with Crippen LogP contribution in [0.2, 0.25) is 0 Å². The molecule has 0 bridgehead atoms. The van der Waals surface area contributed by atoms with Crippen LogP contribution in [-0.4, -0.2) is 24.8 Å². The van der Waals surface area contributed by atoms with E-state index in [1.807, 2.05) is 20.8 Å². The number of rotatable bonds is 16. The van der Waals surface area contributed by atoms with Gasteiger partial charge in [0.05, 0.1) is 0 Å². The molecule has 0 saturated carbocycles. The van der Waals surface area contributed by atoms with Gasteiger partial charge in [-0.05, 0) is 65.7 Å². The molecule has 3 nitrogen and oxygen atoms in total. The standard InChI is InChI=1S/C24H42O3/c1-5-6-7-8-9-10-11-12-13-14-15-16-17-18-19-20-21-26-22-23(25)27-24(2,3)4/h9-10,12-13,15-16H,5-8,11,14,17-22H2,1-4H3/b10-9-,13-12-,16-15-. The van der Waals surface area contributed by atoms with Gasteiger partial charge in [-0.15, -0.1) is 0 Å². The van der Waals surface area contributed by atoms with E-state index >= 15 is 0 Å². The molecule has 0 unspecified atom stereocenters. The van der Waals surface area contributed by atoms with Crippen molar-refractivity contribution in [1.82, 2.24) is 0 Å². The topological polar surface area (TPSA) is 35.5 Å². The van der Waals surface area contributed by atoms with Crippen molar-refractivity contribution >= 4 is 5.97 Å². The molecule has 0 rings (SSSR count). The van der Waals surface area contributed by atoms with Crippen molar-refractivity contribution in [3.05, 3.63) is 36.5 Å². The van der Waals surface area contributed by atoms with E-state index in [0.29, 0.717) is 6.61 Å². The summed E-state index contributed by atoms with van der Waals surface area (Å²) in [6.45, 7) is 8.50. The lowest BCUT2D eigenvalue weighted by atomic mass is 10.2. The van der Waals surface area contributed by atoms with Gasteiger partial charge >= 0.3 is 5.97 Å². The Labute approximate surface area is 167 Å². The number of hydrogen-bond acceptors (Lipinski definition) is 3. The van der Waals surface area contributed by atoms with E-state index in [9.17, 15) is 4.79 Å². The number of hydrogen-bond donors (Lipinski definition) is 0. The van der Waals surface area contributed by atoms with Gasteiger partial charge in [0.25, 0.3) is 0 Å². The minimum atomic E-state index is -0.438. The summed E-state index contributed by atoms with van der Waals surface area (Å²) in [6.07, 6.45) is 25.1. The summed E-state index contributed by atoms with van der Waals surface area (Å²) < 4.78 is 10.5. The number of esters is 1. The van der Waals surface area contributed by atoms with Crippen LogP contribution >= 0.6 is 0 Å². The molecule has 0 aliphatic rings. The highest BCUT2D eigenvalue weighted by Crippen LogP contribution is 2.07. The highest BCUT2D eigenvalue weighted by molar-refractivity contribution is 5.71. The molecule has 156 valence electrons. The Morgan fingerprint density at radius 3 is 1.89 bits per heavy atom. The van der Waals surface area contributed by atoms with E-state index in [0.717, 1.165) is 38.5 Å². The molecule has 0 N–H and O–H groups in total. The van der Waals surface area contributed by atoms with Crippen LogP contribution in [0, 0.1) is 0 Å². The maximum Gasteiger partial charge on any atom is 0.332 e. The van der Waals surface area contributed by atoms with Crippen molar-refractivity contribution in [2.24, 2.45) is 0 Å². The van der Waals surface area contributed by atoms with Gasteiger partial charge in [0.2, 0.25) is 0 Å². The maximum atomic E-state index is 11.5. The van der Waals surface area contributed by atoms with Crippen molar-refractivity contribution in [2.75, 3.05) is 13.2 Å². The van der Waals surface area contributed by atoms with Crippen LogP contribution in [0.5, 0.6) is 0 Å². The van der Waals surface area contributed by atoms with Crippen LogP contribution in [0.4, 0.5) is 0 Å². The lowest BCUT2D eigenvalue weighted by Gasteiger charge is -2.19. The second-order valence-electron chi connectivity index (χ2n) is 7.87. The second kappa shape index (κ2) is 18.0. The van der Waals surface area contributed by atoms with Gasteiger partial charge in [-0.3, -0.25) is 0 Å². The van der Waals surface area contributed by atoms with E-state index < -0.39 is 5.60 Å². The first kappa shape index (κ1) is 25.6. The SMILES string of the molecule is CCCCC/C=C\C/C=C\C/C=C\CCCCCOCC(=O)OC(C)(C)C. The predicted octanol–water partition coefficient (Wildman–Crippen LogP) is 6.93. The van der Waals surface area contributed by atoms with Gasteiger partial charge < -0.3 is 9.47 Å². The Morgan fingerprint density at radius 2 is 1.33 bits per heavy atom. The Morgan fingerprint density at radius 1 is 0.778 bits per heavy atom. The molecular weight excluding hydrogens is 336 g/mol. The molecule has 27 heavy (non-hydrogen) atoms. The zero-order valence-corrected chi connectivity index (χ0v) is 18.2. The average Bonchev–Trinajstić information content (AvgIpc) is 2.59. The highest BCUT2D eigenvalue weighted by atomic mass is 16.6. The van der Waals surface area contributed by atoms with Crippen LogP contribution < -0.4 is 0 Å². The number of ether oxygens (including phenoxy) is 2. The lowest BCUT2D eigenvalue weighted by Crippen LogP contribution is -2.26. The van der Waals surface area contributed by atoms with Gasteiger partial charge in [0.15, 0.2) is 0 Å². The molecule has 0 fully saturated rings. The summed E-state index contributed by atoms with van der Waals surface area (Å²) in [4.78, 5) is 11.5. The lowest BCUT2D eigenvalue weighted by molar-refractivity contribution is -0.160. The van der Waals surface area contributed by atoms with E-state index in [1.54, 1.807) is 0 Å². The largest absolute Gasteiger partial charge is 0.458 e. The second-order valence-corrected chi connectivity index (χ2v) is 7.87. The highest BCUT2D eigenvalue weighted by Gasteiger charge is 2.15. The molecule has 0 spiro atoms. The summed E-state index contributed by atoms with van der Waals surface area (Å²) in [5.74, 6) is -0.287. The third-order valence-corrected chi connectivity index (χ3v) is 3.82. The maximum absolute atomic E-state index is 11.5. The quantitative estimate of drug-likeness (QED) is 0.166. The third-order valence-electron chi connectivity index (χ3n) is 3.82. The summed E-state index contributed by atoms with van der Waals surface area (Å²) >= 11 is 0. The van der Waals surface area contributed by atoms with Crippen molar-refractivity contribution < 1.29 is 14.3 Å². The summed E-state index contributed by atoms with van der Waals surface area (Å²) in [5.41, 5.74) is -0.438.